The van der Waals surface area contributed by atoms with Crippen LogP contribution >= 0.6 is 0 Å². The van der Waals surface area contributed by atoms with Crippen LogP contribution in [0.1, 0.15) is 18.4 Å². The van der Waals surface area contributed by atoms with Crippen LogP contribution in [0.5, 0.6) is 0 Å². The van der Waals surface area contributed by atoms with Crippen molar-refractivity contribution in [3.8, 4) is 0 Å². The molecule has 0 unspecified atom stereocenters. The van der Waals surface area contributed by atoms with Gasteiger partial charge in [0, 0.05) is 32.4 Å². The van der Waals surface area contributed by atoms with Gasteiger partial charge in [0.25, 0.3) is 0 Å². The Labute approximate surface area is 95.8 Å². The largest absolute Gasteiger partial charge is 0.385 e. The van der Waals surface area contributed by atoms with Crippen LogP contribution in [0.4, 0.5) is 5.69 Å². The zero-order valence-electron chi connectivity index (χ0n) is 9.53. The number of hydrogen-bond donors (Lipinski definition) is 2. The van der Waals surface area contributed by atoms with Gasteiger partial charge in [0.15, 0.2) is 0 Å². The molecule has 0 aromatic heterocycles. The summed E-state index contributed by atoms with van der Waals surface area (Å²) in [6, 6.07) is 7.55. The Kier molecular flexibility index (Phi) is 5.53. The standard InChI is InChI=1S/C12H18N2O2/c1-16-7-3-6-12(15)14-11-5-2-4-10(8-11)9-13/h2,4-5,8H,3,6-7,9,13H2,1H3,(H,14,15). The number of hydrogen-bond acceptors (Lipinski definition) is 3. The van der Waals surface area contributed by atoms with Gasteiger partial charge in [-0.1, -0.05) is 12.1 Å². The van der Waals surface area contributed by atoms with E-state index in [2.05, 4.69) is 5.32 Å². The second-order valence-electron chi connectivity index (χ2n) is 3.55. The summed E-state index contributed by atoms with van der Waals surface area (Å²) in [5, 5.41) is 2.83. The van der Waals surface area contributed by atoms with Crippen molar-refractivity contribution in [2.45, 2.75) is 19.4 Å². The maximum Gasteiger partial charge on any atom is 0.224 e. The van der Waals surface area contributed by atoms with Gasteiger partial charge in [0.2, 0.25) is 5.91 Å². The number of benzene rings is 1. The zero-order chi connectivity index (χ0) is 11.8. The second-order valence-corrected chi connectivity index (χ2v) is 3.55. The normalized spacial score (nSPS) is 10.1. The van der Waals surface area contributed by atoms with Crippen molar-refractivity contribution >= 4 is 11.6 Å². The van der Waals surface area contributed by atoms with Crippen molar-refractivity contribution in [3.05, 3.63) is 29.8 Å². The first-order chi connectivity index (χ1) is 7.76. The summed E-state index contributed by atoms with van der Waals surface area (Å²) < 4.78 is 4.88. The van der Waals surface area contributed by atoms with Gasteiger partial charge in [-0.05, 0) is 24.1 Å². The minimum atomic E-state index is 0.00576. The van der Waals surface area contributed by atoms with Crippen LogP contribution in [-0.2, 0) is 16.1 Å². The van der Waals surface area contributed by atoms with E-state index < -0.39 is 0 Å². The molecule has 0 saturated carbocycles. The second kappa shape index (κ2) is 6.98. The molecule has 88 valence electrons. The van der Waals surface area contributed by atoms with Gasteiger partial charge >= 0.3 is 0 Å². The Hall–Kier alpha value is -1.39. The van der Waals surface area contributed by atoms with Gasteiger partial charge < -0.3 is 15.8 Å². The van der Waals surface area contributed by atoms with Crippen LogP contribution in [0.25, 0.3) is 0 Å². The lowest BCUT2D eigenvalue weighted by Gasteiger charge is -2.06. The lowest BCUT2D eigenvalue weighted by Crippen LogP contribution is -2.12. The predicted octanol–water partition coefficient (Wildman–Crippen LogP) is 1.51. The molecule has 4 nitrogen and oxygen atoms in total. The maximum atomic E-state index is 11.5. The van der Waals surface area contributed by atoms with Crippen molar-refractivity contribution in [3.63, 3.8) is 0 Å². The molecule has 0 heterocycles. The van der Waals surface area contributed by atoms with Crippen molar-refractivity contribution < 1.29 is 9.53 Å². The summed E-state index contributed by atoms with van der Waals surface area (Å²) in [7, 11) is 1.63. The molecular weight excluding hydrogens is 204 g/mol. The molecule has 16 heavy (non-hydrogen) atoms. The fourth-order valence-electron chi connectivity index (χ4n) is 1.38. The van der Waals surface area contributed by atoms with Crippen LogP contribution < -0.4 is 11.1 Å². The molecule has 1 rings (SSSR count). The van der Waals surface area contributed by atoms with E-state index in [4.69, 9.17) is 10.5 Å². The summed E-state index contributed by atoms with van der Waals surface area (Å²) >= 11 is 0. The third-order valence-corrected chi connectivity index (χ3v) is 2.20. The Balaban J connectivity index is 2.43. The molecule has 1 aromatic rings. The predicted molar refractivity (Wildman–Crippen MR) is 64.1 cm³/mol. The van der Waals surface area contributed by atoms with Gasteiger partial charge in [0.1, 0.15) is 0 Å². The average Bonchev–Trinajstić information content (AvgIpc) is 2.29. The van der Waals surface area contributed by atoms with E-state index >= 15 is 0 Å². The maximum absolute atomic E-state index is 11.5. The highest BCUT2D eigenvalue weighted by atomic mass is 16.5. The van der Waals surface area contributed by atoms with Gasteiger partial charge in [-0.2, -0.15) is 0 Å². The first-order valence-electron chi connectivity index (χ1n) is 5.34. The highest BCUT2D eigenvalue weighted by Gasteiger charge is 2.02. The van der Waals surface area contributed by atoms with Crippen LogP contribution in [0.15, 0.2) is 24.3 Å². The number of amides is 1. The molecule has 0 aliphatic carbocycles. The minimum Gasteiger partial charge on any atom is -0.385 e. The number of methoxy groups -OCH3 is 1. The third-order valence-electron chi connectivity index (χ3n) is 2.20. The van der Waals surface area contributed by atoms with Crippen LogP contribution in [0.3, 0.4) is 0 Å². The lowest BCUT2D eigenvalue weighted by molar-refractivity contribution is -0.116. The molecule has 0 spiro atoms. The van der Waals surface area contributed by atoms with E-state index in [0.717, 1.165) is 17.7 Å². The Morgan fingerprint density at radius 3 is 3.00 bits per heavy atom. The third kappa shape index (κ3) is 4.42. The Morgan fingerprint density at radius 2 is 2.31 bits per heavy atom. The van der Waals surface area contributed by atoms with E-state index in [9.17, 15) is 4.79 Å². The molecular formula is C12H18N2O2. The van der Waals surface area contributed by atoms with Crippen molar-refractivity contribution in [2.24, 2.45) is 5.73 Å². The molecule has 0 saturated heterocycles. The van der Waals surface area contributed by atoms with Crippen LogP contribution in [0.2, 0.25) is 0 Å². The van der Waals surface area contributed by atoms with Crippen molar-refractivity contribution in [1.82, 2.24) is 0 Å². The van der Waals surface area contributed by atoms with Crippen molar-refractivity contribution in [1.29, 1.82) is 0 Å². The van der Waals surface area contributed by atoms with E-state index in [0.29, 0.717) is 19.6 Å². The molecule has 0 aliphatic heterocycles. The van der Waals surface area contributed by atoms with Crippen LogP contribution in [0, 0.1) is 0 Å². The summed E-state index contributed by atoms with van der Waals surface area (Å²) in [5.74, 6) is 0.00576. The number of carbonyl (C=O) groups excluding carboxylic acids is 1. The van der Waals surface area contributed by atoms with E-state index in [1.807, 2.05) is 24.3 Å². The van der Waals surface area contributed by atoms with E-state index in [1.165, 1.54) is 0 Å². The van der Waals surface area contributed by atoms with Crippen LogP contribution in [-0.4, -0.2) is 19.6 Å². The molecule has 0 aliphatic rings. The molecule has 1 aromatic carbocycles. The smallest absolute Gasteiger partial charge is 0.224 e. The summed E-state index contributed by atoms with van der Waals surface area (Å²) in [4.78, 5) is 11.5. The summed E-state index contributed by atoms with van der Waals surface area (Å²) in [5.41, 5.74) is 7.32. The van der Waals surface area contributed by atoms with Gasteiger partial charge in [-0.15, -0.1) is 0 Å². The highest BCUT2D eigenvalue weighted by Crippen LogP contribution is 2.10. The molecule has 0 fully saturated rings. The fourth-order valence-corrected chi connectivity index (χ4v) is 1.38. The van der Waals surface area contributed by atoms with E-state index in [1.54, 1.807) is 7.11 Å². The SMILES string of the molecule is COCCCC(=O)Nc1cccc(CN)c1. The molecule has 0 radical (unpaired) electrons. The summed E-state index contributed by atoms with van der Waals surface area (Å²) in [6.07, 6.45) is 1.21. The summed E-state index contributed by atoms with van der Waals surface area (Å²) in [6.45, 7) is 1.09. The quantitative estimate of drug-likeness (QED) is 0.717. The monoisotopic (exact) mass is 222 g/mol. The number of anilines is 1. The minimum absolute atomic E-state index is 0.00576. The molecule has 1 amide bonds. The zero-order valence-corrected chi connectivity index (χ0v) is 9.53. The first kappa shape index (κ1) is 12.7. The van der Waals surface area contributed by atoms with Crippen molar-refractivity contribution in [2.75, 3.05) is 19.0 Å². The molecule has 3 N–H and O–H groups in total. The number of nitrogens with one attached hydrogen (secondary N) is 1. The first-order valence-corrected chi connectivity index (χ1v) is 5.34. The van der Waals surface area contributed by atoms with E-state index in [-0.39, 0.29) is 5.91 Å². The Morgan fingerprint density at radius 1 is 1.50 bits per heavy atom. The Bertz CT molecular complexity index is 340. The molecule has 4 heteroatoms. The molecule has 0 bridgehead atoms. The van der Waals surface area contributed by atoms with Gasteiger partial charge in [-0.3, -0.25) is 4.79 Å². The fraction of sp³-hybridized carbons (Fsp3) is 0.417. The lowest BCUT2D eigenvalue weighted by atomic mass is 10.2. The topological polar surface area (TPSA) is 64.3 Å². The molecule has 0 atom stereocenters. The number of ether oxygens (including phenoxy) is 1. The number of rotatable bonds is 6. The highest BCUT2D eigenvalue weighted by molar-refractivity contribution is 5.90. The van der Waals surface area contributed by atoms with Gasteiger partial charge in [-0.25, -0.2) is 0 Å². The average molecular weight is 222 g/mol. The number of nitrogens with two attached hydrogens (primary N) is 1. The number of carbonyl (C=O) groups is 1. The van der Waals surface area contributed by atoms with Gasteiger partial charge in [0.05, 0.1) is 0 Å².